The number of Topliss-reactive ketones (excluding diaryl/α,β-unsaturated/α-hetero) is 1. The molecule has 0 saturated heterocycles. The molecule has 0 aromatic heterocycles. The third-order valence-electron chi connectivity index (χ3n) is 3.38. The second-order valence-electron chi connectivity index (χ2n) is 4.71. The Morgan fingerprint density at radius 2 is 2.00 bits per heavy atom. The fourth-order valence-electron chi connectivity index (χ4n) is 2.16. The summed E-state index contributed by atoms with van der Waals surface area (Å²) in [6.45, 7) is 1.97. The number of ketones is 1. The molecule has 1 aromatic carbocycles. The van der Waals surface area contributed by atoms with Gasteiger partial charge in [0.1, 0.15) is 0 Å². The Morgan fingerprint density at radius 3 is 2.83 bits per heavy atom. The molecule has 1 aliphatic carbocycles. The second kappa shape index (κ2) is 6.05. The molecular weight excluding hydrogens is 246 g/mol. The van der Waals surface area contributed by atoms with Gasteiger partial charge >= 0.3 is 0 Å². The number of carbonyl (C=O) groups is 1. The van der Waals surface area contributed by atoms with E-state index in [4.69, 9.17) is 11.6 Å². The zero-order valence-electron chi connectivity index (χ0n) is 10.6. The van der Waals surface area contributed by atoms with Crippen molar-refractivity contribution in [1.82, 2.24) is 0 Å². The molecule has 2 nitrogen and oxygen atoms in total. The minimum absolute atomic E-state index is 0.277. The first-order valence-corrected chi connectivity index (χ1v) is 6.80. The van der Waals surface area contributed by atoms with Gasteiger partial charge in [0.25, 0.3) is 0 Å². The average Bonchev–Trinajstić information content (AvgIpc) is 2.56. The van der Waals surface area contributed by atoms with Gasteiger partial charge in [0.2, 0.25) is 0 Å². The van der Waals surface area contributed by atoms with Crippen molar-refractivity contribution >= 4 is 23.1 Å². The van der Waals surface area contributed by atoms with Crippen LogP contribution in [0.1, 0.15) is 37.7 Å². The van der Waals surface area contributed by atoms with E-state index < -0.39 is 0 Å². The summed E-state index contributed by atoms with van der Waals surface area (Å²) in [7, 11) is 0. The monoisotopic (exact) mass is 263 g/mol. The van der Waals surface area contributed by atoms with E-state index in [1.54, 1.807) is 0 Å². The molecule has 1 fully saturated rings. The number of halogens is 1. The molecule has 0 bridgehead atoms. The molecule has 0 amide bonds. The van der Waals surface area contributed by atoms with E-state index in [0.29, 0.717) is 6.42 Å². The quantitative estimate of drug-likeness (QED) is 0.630. The Hall–Kier alpha value is -1.28. The number of nitrogens with one attached hydrogen (secondary N) is 1. The fraction of sp³-hybridized carbons (Fsp3) is 0.400. The molecule has 0 unspecified atom stereocenters. The fourth-order valence-corrected chi connectivity index (χ4v) is 2.33. The van der Waals surface area contributed by atoms with Gasteiger partial charge in [0.05, 0.1) is 0 Å². The maximum Gasteiger partial charge on any atom is 0.160 e. The summed E-state index contributed by atoms with van der Waals surface area (Å²) in [5, 5.41) is 3.96. The molecule has 1 aliphatic rings. The predicted octanol–water partition coefficient (Wildman–Crippen LogP) is 4.48. The number of hydrogen-bond acceptors (Lipinski definition) is 2. The van der Waals surface area contributed by atoms with Gasteiger partial charge in [-0.2, -0.15) is 0 Å². The maximum absolute atomic E-state index is 11.9. The highest BCUT2D eigenvalue weighted by Crippen LogP contribution is 2.24. The van der Waals surface area contributed by atoms with E-state index in [0.717, 1.165) is 47.5 Å². The largest absolute Gasteiger partial charge is 0.361 e. The van der Waals surface area contributed by atoms with Crippen molar-refractivity contribution in [3.8, 4) is 0 Å². The van der Waals surface area contributed by atoms with Gasteiger partial charge in [0, 0.05) is 28.9 Å². The van der Waals surface area contributed by atoms with Crippen molar-refractivity contribution < 1.29 is 4.79 Å². The zero-order valence-corrected chi connectivity index (χ0v) is 11.4. The van der Waals surface area contributed by atoms with Crippen LogP contribution in [0.15, 0.2) is 30.0 Å². The Kier molecular flexibility index (Phi) is 4.43. The summed E-state index contributed by atoms with van der Waals surface area (Å²) in [5.74, 6) is 0.277. The van der Waals surface area contributed by atoms with E-state index in [1.165, 1.54) is 0 Å². The summed E-state index contributed by atoms with van der Waals surface area (Å²) in [5.41, 5.74) is 2.89. The molecule has 2 rings (SSSR count). The highest BCUT2D eigenvalue weighted by atomic mass is 35.5. The Balaban J connectivity index is 2.13. The molecule has 1 aromatic rings. The topological polar surface area (TPSA) is 29.1 Å². The van der Waals surface area contributed by atoms with E-state index in [1.807, 2.05) is 31.3 Å². The smallest absolute Gasteiger partial charge is 0.160 e. The van der Waals surface area contributed by atoms with Crippen molar-refractivity contribution in [1.29, 1.82) is 0 Å². The van der Waals surface area contributed by atoms with Gasteiger partial charge in [-0.05, 0) is 43.9 Å². The zero-order chi connectivity index (χ0) is 13.0. The van der Waals surface area contributed by atoms with Crippen LogP contribution in [-0.2, 0) is 4.79 Å². The molecular formula is C15H18ClNO. The molecule has 0 heterocycles. The minimum Gasteiger partial charge on any atom is -0.361 e. The second-order valence-corrected chi connectivity index (χ2v) is 5.12. The van der Waals surface area contributed by atoms with Gasteiger partial charge in [-0.15, -0.1) is 0 Å². The van der Waals surface area contributed by atoms with Crippen LogP contribution in [0, 0.1) is 6.92 Å². The lowest BCUT2D eigenvalue weighted by molar-refractivity contribution is -0.115. The van der Waals surface area contributed by atoms with Crippen LogP contribution >= 0.6 is 11.6 Å². The van der Waals surface area contributed by atoms with Crippen LogP contribution < -0.4 is 5.32 Å². The van der Waals surface area contributed by atoms with Gasteiger partial charge in [-0.1, -0.05) is 24.1 Å². The summed E-state index contributed by atoms with van der Waals surface area (Å²) >= 11 is 6.06. The molecule has 0 atom stereocenters. The van der Waals surface area contributed by atoms with Crippen LogP contribution in [0.5, 0.6) is 0 Å². The van der Waals surface area contributed by atoms with Gasteiger partial charge in [0.15, 0.2) is 5.78 Å². The van der Waals surface area contributed by atoms with Crippen molar-refractivity contribution in [2.75, 3.05) is 5.32 Å². The third kappa shape index (κ3) is 3.14. The number of rotatable bonds is 2. The molecule has 3 heteroatoms. The van der Waals surface area contributed by atoms with E-state index in [9.17, 15) is 4.79 Å². The molecule has 96 valence electrons. The van der Waals surface area contributed by atoms with Crippen LogP contribution in [0.2, 0.25) is 5.02 Å². The highest BCUT2D eigenvalue weighted by Gasteiger charge is 2.13. The lowest BCUT2D eigenvalue weighted by atomic mass is 10.1. The molecule has 0 spiro atoms. The first-order valence-electron chi connectivity index (χ1n) is 6.42. The van der Waals surface area contributed by atoms with Crippen molar-refractivity contribution in [3.05, 3.63) is 40.6 Å². The first kappa shape index (κ1) is 13.2. The Bertz CT molecular complexity index is 479. The van der Waals surface area contributed by atoms with Crippen LogP contribution in [0.3, 0.4) is 0 Å². The summed E-state index contributed by atoms with van der Waals surface area (Å²) < 4.78 is 0. The van der Waals surface area contributed by atoms with Crippen LogP contribution in [0.4, 0.5) is 5.69 Å². The lowest BCUT2D eigenvalue weighted by Crippen LogP contribution is -2.03. The Morgan fingerprint density at radius 1 is 1.22 bits per heavy atom. The highest BCUT2D eigenvalue weighted by molar-refractivity contribution is 6.31. The molecule has 0 radical (unpaired) electrons. The number of hydrogen-bond donors (Lipinski definition) is 1. The molecule has 18 heavy (non-hydrogen) atoms. The predicted molar refractivity (Wildman–Crippen MR) is 76.0 cm³/mol. The summed E-state index contributed by atoms with van der Waals surface area (Å²) in [6.07, 6.45) is 6.69. The van der Waals surface area contributed by atoms with Crippen LogP contribution in [0.25, 0.3) is 0 Å². The molecule has 1 saturated carbocycles. The molecule has 1 N–H and O–H groups in total. The SMILES string of the molecule is Cc1c(Cl)cccc1NC=C1CCCCCC1=O. The number of carbonyl (C=O) groups excluding carboxylic acids is 1. The third-order valence-corrected chi connectivity index (χ3v) is 3.79. The normalized spacial score (nSPS) is 18.8. The first-order chi connectivity index (χ1) is 8.68. The van der Waals surface area contributed by atoms with E-state index >= 15 is 0 Å². The summed E-state index contributed by atoms with van der Waals surface area (Å²) in [6, 6.07) is 5.75. The number of anilines is 1. The van der Waals surface area contributed by atoms with E-state index in [-0.39, 0.29) is 5.78 Å². The van der Waals surface area contributed by atoms with Gasteiger partial charge in [-0.3, -0.25) is 4.79 Å². The van der Waals surface area contributed by atoms with E-state index in [2.05, 4.69) is 5.32 Å². The summed E-state index contributed by atoms with van der Waals surface area (Å²) in [4.78, 5) is 11.9. The van der Waals surface area contributed by atoms with Crippen molar-refractivity contribution in [2.24, 2.45) is 0 Å². The maximum atomic E-state index is 11.9. The number of allylic oxidation sites excluding steroid dienone is 1. The number of benzene rings is 1. The van der Waals surface area contributed by atoms with Crippen molar-refractivity contribution in [3.63, 3.8) is 0 Å². The average molecular weight is 264 g/mol. The lowest BCUT2D eigenvalue weighted by Gasteiger charge is -2.08. The Labute approximate surface area is 113 Å². The standard InChI is InChI=1S/C15H18ClNO/c1-11-13(16)7-5-8-14(11)17-10-12-6-3-2-4-9-15(12)18/h5,7-8,10,17H,2-4,6,9H2,1H3. The van der Waals surface area contributed by atoms with Crippen molar-refractivity contribution in [2.45, 2.75) is 39.0 Å². The molecule has 0 aliphatic heterocycles. The van der Waals surface area contributed by atoms with Gasteiger partial charge < -0.3 is 5.32 Å². The van der Waals surface area contributed by atoms with Gasteiger partial charge in [-0.25, -0.2) is 0 Å². The van der Waals surface area contributed by atoms with Crippen LogP contribution in [-0.4, -0.2) is 5.78 Å². The minimum atomic E-state index is 0.277.